The molecule has 1 atom stereocenters. The zero-order valence-electron chi connectivity index (χ0n) is 53.3. The summed E-state index contributed by atoms with van der Waals surface area (Å²) in [6.45, 7) is 6.36. The minimum absolute atomic E-state index is 0.113. The third-order valence-electron chi connectivity index (χ3n) is 14.8. The number of ether oxygens (including phenoxy) is 3. The number of unbranched alkanes of at least 4 members (excludes halogenated alkanes) is 33. The molecule has 0 aliphatic rings. The van der Waals surface area contributed by atoms with Crippen molar-refractivity contribution in [1.82, 2.24) is 0 Å². The molecule has 0 fully saturated rings. The first-order valence-electron chi connectivity index (χ1n) is 34.4. The van der Waals surface area contributed by atoms with Gasteiger partial charge in [-0.1, -0.05) is 323 Å². The third kappa shape index (κ3) is 66.8. The van der Waals surface area contributed by atoms with Crippen LogP contribution in [-0.2, 0) is 28.6 Å². The van der Waals surface area contributed by atoms with Crippen LogP contribution in [0, 0.1) is 0 Å². The Bertz CT molecular complexity index is 1620. The molecule has 0 aliphatic heterocycles. The zero-order chi connectivity index (χ0) is 58.5. The van der Waals surface area contributed by atoms with E-state index >= 15 is 0 Å². The molecule has 0 bridgehead atoms. The summed E-state index contributed by atoms with van der Waals surface area (Å²) >= 11 is 0. The molecule has 0 N–H and O–H groups in total. The highest BCUT2D eigenvalue weighted by molar-refractivity contribution is 5.71. The van der Waals surface area contributed by atoms with E-state index in [1.165, 1.54) is 180 Å². The molecule has 6 heteroatoms. The highest BCUT2D eigenvalue weighted by atomic mass is 16.6. The topological polar surface area (TPSA) is 78.9 Å². The standard InChI is InChI=1S/C75H128O6/c1-4-7-10-13-16-19-22-25-28-30-31-32-33-34-35-36-37-38-39-40-41-42-43-45-47-50-53-56-59-62-65-68-74(77)80-71-72(70-79-73(76)67-64-61-58-55-52-49-46-27-24-21-18-15-12-9-6-3)81-75(78)69-66-63-60-57-54-51-48-44-29-26-23-20-17-14-11-8-5-2/h8-9,11-12,17-18,20-21,26-27,29,46,48,51-52,55,57,60,72H,4-7,10,13-16,19,22-25,28,30-45,47,49-50,53-54,56,58-59,61-71H2,1-3H3/b11-8-,12-9-,20-17-,21-18-,29-26-,46-27-,51-48-,55-52-,60-57-. The molecule has 0 rings (SSSR count). The van der Waals surface area contributed by atoms with Crippen LogP contribution in [0.15, 0.2) is 109 Å². The van der Waals surface area contributed by atoms with Crippen molar-refractivity contribution in [3.8, 4) is 0 Å². The van der Waals surface area contributed by atoms with E-state index < -0.39 is 6.10 Å². The summed E-state index contributed by atoms with van der Waals surface area (Å²) in [5, 5.41) is 0. The van der Waals surface area contributed by atoms with E-state index in [4.69, 9.17) is 14.2 Å². The molecular weight excluding hydrogens is 997 g/mol. The van der Waals surface area contributed by atoms with Gasteiger partial charge in [-0.2, -0.15) is 0 Å². The van der Waals surface area contributed by atoms with Crippen LogP contribution >= 0.6 is 0 Å². The molecule has 0 saturated carbocycles. The molecule has 0 aromatic carbocycles. The van der Waals surface area contributed by atoms with Gasteiger partial charge < -0.3 is 14.2 Å². The van der Waals surface area contributed by atoms with Gasteiger partial charge in [-0.3, -0.25) is 14.4 Å². The first kappa shape index (κ1) is 77.1. The Morgan fingerprint density at radius 2 is 0.494 bits per heavy atom. The van der Waals surface area contributed by atoms with Gasteiger partial charge in [0.15, 0.2) is 6.10 Å². The number of carbonyl (C=O) groups excluding carboxylic acids is 3. The van der Waals surface area contributed by atoms with Crippen molar-refractivity contribution in [2.45, 2.75) is 335 Å². The van der Waals surface area contributed by atoms with Crippen molar-refractivity contribution in [2.24, 2.45) is 0 Å². The summed E-state index contributed by atoms with van der Waals surface area (Å²) in [4.78, 5) is 38.3. The molecule has 0 saturated heterocycles. The van der Waals surface area contributed by atoms with Crippen LogP contribution in [0.3, 0.4) is 0 Å². The van der Waals surface area contributed by atoms with Gasteiger partial charge >= 0.3 is 17.9 Å². The summed E-state index contributed by atoms with van der Waals surface area (Å²) in [6, 6.07) is 0. The van der Waals surface area contributed by atoms with Crippen molar-refractivity contribution in [3.63, 3.8) is 0 Å². The van der Waals surface area contributed by atoms with Crippen molar-refractivity contribution in [1.29, 1.82) is 0 Å². The van der Waals surface area contributed by atoms with E-state index in [0.717, 1.165) is 96.3 Å². The van der Waals surface area contributed by atoms with Gasteiger partial charge in [0, 0.05) is 19.3 Å². The molecular formula is C75H128O6. The summed E-state index contributed by atoms with van der Waals surface area (Å²) in [5.41, 5.74) is 0. The molecule has 0 spiro atoms. The van der Waals surface area contributed by atoms with Gasteiger partial charge in [0.1, 0.15) is 13.2 Å². The Labute approximate surface area is 501 Å². The third-order valence-corrected chi connectivity index (χ3v) is 14.8. The lowest BCUT2D eigenvalue weighted by molar-refractivity contribution is -0.167. The first-order valence-corrected chi connectivity index (χ1v) is 34.4. The molecule has 0 amide bonds. The summed E-state index contributed by atoms with van der Waals surface area (Å²) < 4.78 is 16.8. The highest BCUT2D eigenvalue weighted by Gasteiger charge is 2.19. The van der Waals surface area contributed by atoms with Crippen LogP contribution in [0.4, 0.5) is 0 Å². The van der Waals surface area contributed by atoms with Gasteiger partial charge in [-0.05, 0) is 96.3 Å². The molecule has 0 radical (unpaired) electrons. The van der Waals surface area contributed by atoms with Crippen LogP contribution in [0.5, 0.6) is 0 Å². The average Bonchev–Trinajstić information content (AvgIpc) is 3.47. The number of hydrogen-bond acceptors (Lipinski definition) is 6. The number of esters is 3. The lowest BCUT2D eigenvalue weighted by Gasteiger charge is -2.18. The van der Waals surface area contributed by atoms with Gasteiger partial charge in [-0.15, -0.1) is 0 Å². The zero-order valence-corrected chi connectivity index (χ0v) is 53.3. The molecule has 0 aromatic heterocycles. The predicted octanol–water partition coefficient (Wildman–Crippen LogP) is 23.8. The fourth-order valence-corrected chi connectivity index (χ4v) is 9.71. The Hall–Kier alpha value is -3.93. The van der Waals surface area contributed by atoms with Crippen LogP contribution in [0.2, 0.25) is 0 Å². The monoisotopic (exact) mass is 1120 g/mol. The van der Waals surface area contributed by atoms with Crippen LogP contribution in [-0.4, -0.2) is 37.2 Å². The predicted molar refractivity (Wildman–Crippen MR) is 353 cm³/mol. The van der Waals surface area contributed by atoms with Gasteiger partial charge in [0.2, 0.25) is 0 Å². The lowest BCUT2D eigenvalue weighted by atomic mass is 10.0. The molecule has 464 valence electrons. The minimum Gasteiger partial charge on any atom is -0.462 e. The second kappa shape index (κ2) is 68.6. The van der Waals surface area contributed by atoms with Crippen molar-refractivity contribution >= 4 is 17.9 Å². The maximum absolute atomic E-state index is 12.9. The van der Waals surface area contributed by atoms with E-state index in [2.05, 4.69) is 130 Å². The Morgan fingerprint density at radius 1 is 0.259 bits per heavy atom. The van der Waals surface area contributed by atoms with E-state index in [1.54, 1.807) is 0 Å². The summed E-state index contributed by atoms with van der Waals surface area (Å²) in [6.07, 6.45) is 94.3. The normalized spacial score (nSPS) is 12.8. The fraction of sp³-hybridized carbons (Fsp3) is 0.720. The second-order valence-corrected chi connectivity index (χ2v) is 22.7. The highest BCUT2D eigenvalue weighted by Crippen LogP contribution is 2.18. The minimum atomic E-state index is -0.827. The molecule has 6 nitrogen and oxygen atoms in total. The van der Waals surface area contributed by atoms with Gasteiger partial charge in [0.05, 0.1) is 0 Å². The van der Waals surface area contributed by atoms with E-state index in [0.29, 0.717) is 25.7 Å². The molecule has 0 aliphatic carbocycles. The molecule has 81 heavy (non-hydrogen) atoms. The van der Waals surface area contributed by atoms with Crippen molar-refractivity contribution < 1.29 is 28.6 Å². The Morgan fingerprint density at radius 3 is 0.790 bits per heavy atom. The maximum atomic E-state index is 12.9. The number of hydrogen-bond donors (Lipinski definition) is 0. The number of rotatable bonds is 62. The number of allylic oxidation sites excluding steroid dienone is 18. The molecule has 0 heterocycles. The van der Waals surface area contributed by atoms with Crippen LogP contribution in [0.25, 0.3) is 0 Å². The van der Waals surface area contributed by atoms with Crippen molar-refractivity contribution in [2.75, 3.05) is 13.2 Å². The van der Waals surface area contributed by atoms with Crippen molar-refractivity contribution in [3.05, 3.63) is 109 Å². The largest absolute Gasteiger partial charge is 0.462 e. The average molecular weight is 1130 g/mol. The summed E-state index contributed by atoms with van der Waals surface area (Å²) in [5.74, 6) is -1.01. The second-order valence-electron chi connectivity index (χ2n) is 22.7. The Kier molecular flexibility index (Phi) is 65.2. The molecule has 0 aromatic rings. The molecule has 1 unspecified atom stereocenters. The lowest BCUT2D eigenvalue weighted by Crippen LogP contribution is -2.30. The fourth-order valence-electron chi connectivity index (χ4n) is 9.71. The summed E-state index contributed by atoms with van der Waals surface area (Å²) in [7, 11) is 0. The smallest absolute Gasteiger partial charge is 0.306 e. The quantitative estimate of drug-likeness (QED) is 0.0261. The number of carbonyl (C=O) groups is 3. The van der Waals surface area contributed by atoms with Crippen LogP contribution < -0.4 is 0 Å². The SMILES string of the molecule is CC/C=C\C/C=C\C/C=C\C/C=C\C/C=C\CCCC(=O)OC(COC(=O)CCCC/C=C\C/C=C\C/C=C\C/C=C\CC)COC(=O)CCCCCCCCCCCCCCCCCCCCCCCCCCCCCCCCC. The Balaban J connectivity index is 4.27. The van der Waals surface area contributed by atoms with Crippen LogP contribution in [0.1, 0.15) is 329 Å². The van der Waals surface area contributed by atoms with E-state index in [-0.39, 0.29) is 37.5 Å². The van der Waals surface area contributed by atoms with E-state index in [9.17, 15) is 14.4 Å². The van der Waals surface area contributed by atoms with Gasteiger partial charge in [0.25, 0.3) is 0 Å². The maximum Gasteiger partial charge on any atom is 0.306 e. The first-order chi connectivity index (χ1) is 40.0. The van der Waals surface area contributed by atoms with E-state index in [1.807, 2.05) is 0 Å². The van der Waals surface area contributed by atoms with Gasteiger partial charge in [-0.25, -0.2) is 0 Å².